The summed E-state index contributed by atoms with van der Waals surface area (Å²) in [5.41, 5.74) is 3.99. The van der Waals surface area contributed by atoms with Gasteiger partial charge < -0.3 is 10.1 Å². The van der Waals surface area contributed by atoms with Crippen molar-refractivity contribution in [2.45, 2.75) is 45.1 Å². The molecule has 6 heteroatoms. The number of amides is 1. The number of thiophene rings is 1. The van der Waals surface area contributed by atoms with Crippen LogP contribution in [0.4, 0.5) is 5.00 Å². The van der Waals surface area contributed by atoms with Gasteiger partial charge in [-0.25, -0.2) is 0 Å². The Hall–Kier alpha value is -2.65. The Balaban J connectivity index is 1.55. The Bertz CT molecular complexity index is 866. The summed E-state index contributed by atoms with van der Waals surface area (Å²) >= 11 is 1.26. The first-order valence-corrected chi connectivity index (χ1v) is 9.53. The van der Waals surface area contributed by atoms with Crippen molar-refractivity contribution in [3.8, 4) is 6.07 Å². The summed E-state index contributed by atoms with van der Waals surface area (Å²) in [4.78, 5) is 24.3. The topological polar surface area (TPSA) is 79.2 Å². The number of ether oxygens (including phenoxy) is 1. The Morgan fingerprint density at radius 3 is 2.81 bits per heavy atom. The molecule has 1 aliphatic carbocycles. The predicted octanol–water partition coefficient (Wildman–Crippen LogP) is 3.61. The molecule has 1 atom stereocenters. The fourth-order valence-electron chi connectivity index (χ4n) is 3.06. The molecule has 0 aliphatic heterocycles. The first-order valence-electron chi connectivity index (χ1n) is 8.65. The highest BCUT2D eigenvalue weighted by atomic mass is 32.1. The van der Waals surface area contributed by atoms with Crippen molar-refractivity contribution in [2.24, 2.45) is 0 Å². The zero-order valence-corrected chi connectivity index (χ0v) is 15.4. The molecule has 1 aromatic heterocycles. The SMILES string of the molecule is C[C@H](OC(=O)Cc1ccc2c(c1)CCCC2)C(=O)Nc1sccc1C#N. The standard InChI is InChI=1S/C20H20N2O3S/c1-13(19(24)22-20-17(12-21)8-9-26-20)25-18(23)11-14-6-7-15-4-2-3-5-16(15)10-14/h6-10,13H,2-5,11H2,1H3,(H,22,24)/t13-/m0/s1. The van der Waals surface area contributed by atoms with Crippen molar-refractivity contribution in [2.75, 3.05) is 5.32 Å². The maximum atomic E-state index is 12.2. The minimum Gasteiger partial charge on any atom is -0.452 e. The number of aryl methyl sites for hydroxylation is 2. The fraction of sp³-hybridized carbons (Fsp3) is 0.350. The van der Waals surface area contributed by atoms with Gasteiger partial charge in [-0.1, -0.05) is 18.2 Å². The number of hydrogen-bond donors (Lipinski definition) is 1. The summed E-state index contributed by atoms with van der Waals surface area (Å²) in [7, 11) is 0. The van der Waals surface area contributed by atoms with Gasteiger partial charge in [0.15, 0.2) is 6.10 Å². The van der Waals surface area contributed by atoms with E-state index in [9.17, 15) is 9.59 Å². The lowest BCUT2D eigenvalue weighted by molar-refractivity contribution is -0.152. The van der Waals surface area contributed by atoms with E-state index in [1.165, 1.54) is 42.2 Å². The molecule has 0 unspecified atom stereocenters. The van der Waals surface area contributed by atoms with Gasteiger partial charge in [0.25, 0.3) is 5.91 Å². The second kappa shape index (κ2) is 8.15. The molecule has 1 N–H and O–H groups in total. The number of nitrogens with zero attached hydrogens (tertiary/aromatic N) is 1. The smallest absolute Gasteiger partial charge is 0.311 e. The van der Waals surface area contributed by atoms with Gasteiger partial charge in [-0.3, -0.25) is 9.59 Å². The van der Waals surface area contributed by atoms with Crippen LogP contribution < -0.4 is 5.32 Å². The molecular weight excluding hydrogens is 348 g/mol. The summed E-state index contributed by atoms with van der Waals surface area (Å²) in [5.74, 6) is -0.877. The number of nitriles is 1. The lowest BCUT2D eigenvalue weighted by Crippen LogP contribution is -2.30. The number of carbonyl (C=O) groups excluding carboxylic acids is 2. The lowest BCUT2D eigenvalue weighted by atomic mass is 9.90. The highest BCUT2D eigenvalue weighted by Gasteiger charge is 2.20. The molecule has 26 heavy (non-hydrogen) atoms. The number of rotatable bonds is 5. The molecule has 134 valence electrons. The monoisotopic (exact) mass is 368 g/mol. The highest BCUT2D eigenvalue weighted by Crippen LogP contribution is 2.23. The summed E-state index contributed by atoms with van der Waals surface area (Å²) in [6.45, 7) is 1.53. The van der Waals surface area contributed by atoms with Crippen LogP contribution in [0.1, 0.15) is 42.0 Å². The molecule has 0 saturated carbocycles. The maximum absolute atomic E-state index is 12.2. The molecule has 3 rings (SSSR count). The predicted molar refractivity (Wildman–Crippen MR) is 100 cm³/mol. The van der Waals surface area contributed by atoms with Gasteiger partial charge in [-0.15, -0.1) is 11.3 Å². The maximum Gasteiger partial charge on any atom is 0.311 e. The molecule has 5 nitrogen and oxygen atoms in total. The van der Waals surface area contributed by atoms with Crippen LogP contribution in [0.3, 0.4) is 0 Å². The van der Waals surface area contributed by atoms with Gasteiger partial charge in [0.05, 0.1) is 12.0 Å². The second-order valence-corrected chi connectivity index (χ2v) is 7.30. The van der Waals surface area contributed by atoms with E-state index in [0.717, 1.165) is 18.4 Å². The van der Waals surface area contributed by atoms with Crippen LogP contribution in [0.5, 0.6) is 0 Å². The molecule has 0 saturated heterocycles. The highest BCUT2D eigenvalue weighted by molar-refractivity contribution is 7.14. The van der Waals surface area contributed by atoms with E-state index in [-0.39, 0.29) is 6.42 Å². The van der Waals surface area contributed by atoms with Crippen LogP contribution in [0.25, 0.3) is 0 Å². The average Bonchev–Trinajstić information content (AvgIpc) is 3.08. The van der Waals surface area contributed by atoms with Crippen LogP contribution in [-0.2, 0) is 33.6 Å². The van der Waals surface area contributed by atoms with Crippen molar-refractivity contribution < 1.29 is 14.3 Å². The molecule has 0 radical (unpaired) electrons. The molecule has 0 spiro atoms. The summed E-state index contributed by atoms with van der Waals surface area (Å²) < 4.78 is 5.25. The number of nitrogens with one attached hydrogen (secondary N) is 1. The molecule has 1 amide bonds. The molecule has 1 aromatic carbocycles. The van der Waals surface area contributed by atoms with Gasteiger partial charge >= 0.3 is 5.97 Å². The van der Waals surface area contributed by atoms with Gasteiger partial charge in [0.1, 0.15) is 11.1 Å². The molecule has 0 fully saturated rings. The van der Waals surface area contributed by atoms with Gasteiger partial charge in [-0.05, 0) is 60.7 Å². The van der Waals surface area contributed by atoms with Crippen LogP contribution in [0, 0.1) is 11.3 Å². The summed E-state index contributed by atoms with van der Waals surface area (Å²) in [6.07, 6.45) is 3.79. The van der Waals surface area contributed by atoms with Crippen LogP contribution in [0.15, 0.2) is 29.6 Å². The zero-order valence-electron chi connectivity index (χ0n) is 14.6. The molecule has 2 aromatic rings. The average molecular weight is 368 g/mol. The largest absolute Gasteiger partial charge is 0.452 e. The molecular formula is C20H20N2O3S. The second-order valence-electron chi connectivity index (χ2n) is 6.38. The van der Waals surface area contributed by atoms with E-state index in [1.807, 2.05) is 12.1 Å². The van der Waals surface area contributed by atoms with Gasteiger partial charge in [0, 0.05) is 0 Å². The third-order valence-corrected chi connectivity index (χ3v) is 5.29. The van der Waals surface area contributed by atoms with E-state index in [1.54, 1.807) is 11.4 Å². The fourth-order valence-corrected chi connectivity index (χ4v) is 3.80. The Kier molecular flexibility index (Phi) is 5.69. The number of hydrogen-bond acceptors (Lipinski definition) is 5. The van der Waals surface area contributed by atoms with Gasteiger partial charge in [-0.2, -0.15) is 5.26 Å². The minimum atomic E-state index is -0.922. The number of anilines is 1. The van der Waals surface area contributed by atoms with Crippen molar-refractivity contribution in [3.63, 3.8) is 0 Å². The van der Waals surface area contributed by atoms with Crippen LogP contribution in [-0.4, -0.2) is 18.0 Å². The summed E-state index contributed by atoms with van der Waals surface area (Å²) in [6, 6.07) is 9.76. The third kappa shape index (κ3) is 4.30. The normalized spacial score (nSPS) is 14.0. The molecule has 1 heterocycles. The van der Waals surface area contributed by atoms with E-state index >= 15 is 0 Å². The van der Waals surface area contributed by atoms with E-state index in [2.05, 4.69) is 17.4 Å². The first-order chi connectivity index (χ1) is 12.6. The van der Waals surface area contributed by atoms with E-state index < -0.39 is 18.0 Å². The number of benzene rings is 1. The van der Waals surface area contributed by atoms with Crippen molar-refractivity contribution in [1.82, 2.24) is 0 Å². The van der Waals surface area contributed by atoms with Gasteiger partial charge in [0.2, 0.25) is 0 Å². The summed E-state index contributed by atoms with van der Waals surface area (Å²) in [5, 5.41) is 13.8. The number of fused-ring (bicyclic) bond motifs is 1. The van der Waals surface area contributed by atoms with E-state index in [4.69, 9.17) is 10.00 Å². The van der Waals surface area contributed by atoms with Crippen molar-refractivity contribution in [3.05, 3.63) is 51.9 Å². The Labute approximate surface area is 156 Å². The Morgan fingerprint density at radius 1 is 1.27 bits per heavy atom. The zero-order chi connectivity index (χ0) is 18.5. The third-order valence-electron chi connectivity index (χ3n) is 4.46. The van der Waals surface area contributed by atoms with Crippen LogP contribution in [0.2, 0.25) is 0 Å². The molecule has 0 bridgehead atoms. The molecule has 1 aliphatic rings. The Morgan fingerprint density at radius 2 is 2.04 bits per heavy atom. The van der Waals surface area contributed by atoms with Crippen molar-refractivity contribution in [1.29, 1.82) is 5.26 Å². The van der Waals surface area contributed by atoms with Crippen molar-refractivity contribution >= 4 is 28.2 Å². The minimum absolute atomic E-state index is 0.146. The lowest BCUT2D eigenvalue weighted by Gasteiger charge is -2.17. The number of carbonyl (C=O) groups is 2. The van der Waals surface area contributed by atoms with Crippen LogP contribution >= 0.6 is 11.3 Å². The van der Waals surface area contributed by atoms with E-state index in [0.29, 0.717) is 10.6 Å². The first kappa shape index (κ1) is 18.2. The number of esters is 1. The quantitative estimate of drug-likeness (QED) is 0.818.